The molecule has 0 heterocycles. The average Bonchev–Trinajstić information content (AvgIpc) is 2.33. The highest BCUT2D eigenvalue weighted by molar-refractivity contribution is 5.68. The molecular formula is C15H24F3NO4. The van der Waals surface area contributed by atoms with E-state index in [9.17, 15) is 22.8 Å². The lowest BCUT2D eigenvalue weighted by molar-refractivity contribution is -0.198. The number of carboxylic acid groups (broad SMARTS) is 1. The van der Waals surface area contributed by atoms with Gasteiger partial charge in [0.2, 0.25) is 0 Å². The van der Waals surface area contributed by atoms with E-state index in [2.05, 4.69) is 5.32 Å². The van der Waals surface area contributed by atoms with E-state index in [-0.39, 0.29) is 18.9 Å². The lowest BCUT2D eigenvalue weighted by Gasteiger charge is -2.34. The summed E-state index contributed by atoms with van der Waals surface area (Å²) in [5.41, 5.74) is -0.635. The van der Waals surface area contributed by atoms with Gasteiger partial charge >= 0.3 is 18.2 Å². The second-order valence-corrected chi connectivity index (χ2v) is 7.00. The van der Waals surface area contributed by atoms with Gasteiger partial charge in [0.15, 0.2) is 0 Å². The van der Waals surface area contributed by atoms with Crippen LogP contribution in [0.25, 0.3) is 0 Å². The number of amides is 1. The van der Waals surface area contributed by atoms with Crippen LogP contribution < -0.4 is 5.32 Å². The van der Waals surface area contributed by atoms with E-state index < -0.39 is 42.1 Å². The van der Waals surface area contributed by atoms with Crippen LogP contribution in [0.2, 0.25) is 0 Å². The average molecular weight is 339 g/mol. The smallest absolute Gasteiger partial charge is 0.407 e. The van der Waals surface area contributed by atoms with Crippen LogP contribution in [0.4, 0.5) is 18.0 Å². The van der Waals surface area contributed by atoms with Crippen molar-refractivity contribution in [1.29, 1.82) is 0 Å². The third kappa shape index (κ3) is 7.09. The third-order valence-electron chi connectivity index (χ3n) is 3.88. The van der Waals surface area contributed by atoms with Crippen LogP contribution in [-0.4, -0.2) is 35.0 Å². The summed E-state index contributed by atoms with van der Waals surface area (Å²) in [5, 5.41) is 11.3. The molecule has 1 aliphatic rings. The highest BCUT2D eigenvalue weighted by Crippen LogP contribution is 2.41. The molecule has 0 aromatic carbocycles. The Morgan fingerprint density at radius 3 is 2.09 bits per heavy atom. The number of carboxylic acids is 1. The number of alkyl carbamates (subject to hydrolysis) is 1. The molecule has 1 rings (SSSR count). The van der Waals surface area contributed by atoms with Crippen molar-refractivity contribution in [2.45, 2.75) is 70.7 Å². The van der Waals surface area contributed by atoms with Gasteiger partial charge in [-0.2, -0.15) is 13.2 Å². The number of hydrogen-bond donors (Lipinski definition) is 2. The Kier molecular flexibility index (Phi) is 6.30. The fraction of sp³-hybridized carbons (Fsp3) is 0.867. The summed E-state index contributed by atoms with van der Waals surface area (Å²) < 4.78 is 44.1. The highest BCUT2D eigenvalue weighted by Gasteiger charge is 2.46. The molecule has 1 aliphatic carbocycles. The zero-order chi connectivity index (χ0) is 17.8. The summed E-state index contributed by atoms with van der Waals surface area (Å²) in [6.45, 7) is 5.18. The van der Waals surface area contributed by atoms with Crippen molar-refractivity contribution in [2.24, 2.45) is 11.8 Å². The maximum Gasteiger partial charge on any atom is 0.407 e. The Bertz CT molecular complexity index is 423. The zero-order valence-electron chi connectivity index (χ0n) is 13.6. The van der Waals surface area contributed by atoms with E-state index in [1.165, 1.54) is 0 Å². The molecule has 1 amide bonds. The molecule has 2 N–H and O–H groups in total. The molecule has 23 heavy (non-hydrogen) atoms. The molecule has 5 nitrogen and oxygen atoms in total. The van der Waals surface area contributed by atoms with Gasteiger partial charge in [0, 0.05) is 6.04 Å². The molecule has 1 fully saturated rings. The third-order valence-corrected chi connectivity index (χ3v) is 3.88. The van der Waals surface area contributed by atoms with Crippen LogP contribution in [0.3, 0.4) is 0 Å². The van der Waals surface area contributed by atoms with Gasteiger partial charge in [-0.05, 0) is 52.4 Å². The van der Waals surface area contributed by atoms with Crippen LogP contribution in [0.5, 0.6) is 0 Å². The molecule has 0 aliphatic heterocycles. The van der Waals surface area contributed by atoms with E-state index >= 15 is 0 Å². The first kappa shape index (κ1) is 19.6. The minimum Gasteiger partial charge on any atom is -0.481 e. The Hall–Kier alpha value is -1.47. The molecule has 1 saturated carbocycles. The van der Waals surface area contributed by atoms with Gasteiger partial charge < -0.3 is 15.2 Å². The van der Waals surface area contributed by atoms with Gasteiger partial charge in [0.1, 0.15) is 5.60 Å². The van der Waals surface area contributed by atoms with Crippen LogP contribution in [0, 0.1) is 11.8 Å². The van der Waals surface area contributed by atoms with Gasteiger partial charge in [-0.1, -0.05) is 0 Å². The fourth-order valence-corrected chi connectivity index (χ4v) is 2.88. The summed E-state index contributed by atoms with van der Waals surface area (Å²) >= 11 is 0. The normalized spacial score (nSPS) is 23.9. The van der Waals surface area contributed by atoms with Crippen LogP contribution in [0.15, 0.2) is 0 Å². The Labute approximate surface area is 133 Å². The first-order chi connectivity index (χ1) is 10.4. The number of aliphatic carboxylic acids is 1. The summed E-state index contributed by atoms with van der Waals surface area (Å²) in [6, 6.07) is -0.236. The molecule has 0 radical (unpaired) electrons. The quantitative estimate of drug-likeness (QED) is 0.818. The Morgan fingerprint density at radius 2 is 1.70 bits per heavy atom. The van der Waals surface area contributed by atoms with E-state index in [4.69, 9.17) is 9.84 Å². The summed E-state index contributed by atoms with van der Waals surface area (Å²) in [6.07, 6.45) is -4.77. The Morgan fingerprint density at radius 1 is 1.17 bits per heavy atom. The lowest BCUT2D eigenvalue weighted by Crippen LogP contribution is -2.43. The molecule has 134 valence electrons. The van der Waals surface area contributed by atoms with Crippen molar-refractivity contribution in [3.63, 3.8) is 0 Å². The summed E-state index contributed by atoms with van der Waals surface area (Å²) in [4.78, 5) is 22.3. The number of halogens is 3. The number of hydrogen-bond acceptors (Lipinski definition) is 3. The van der Waals surface area contributed by atoms with E-state index in [1.807, 2.05) is 0 Å². The van der Waals surface area contributed by atoms with Crippen molar-refractivity contribution in [3.8, 4) is 0 Å². The van der Waals surface area contributed by atoms with Crippen molar-refractivity contribution >= 4 is 12.1 Å². The molecule has 0 bridgehead atoms. The minimum absolute atomic E-state index is 0.234. The number of nitrogens with one attached hydrogen (secondary N) is 1. The van der Waals surface area contributed by atoms with Crippen LogP contribution in [0.1, 0.15) is 52.9 Å². The predicted octanol–water partition coefficient (Wildman–Crippen LogP) is 3.72. The zero-order valence-corrected chi connectivity index (χ0v) is 13.6. The molecule has 0 aromatic rings. The number of carbonyl (C=O) groups is 2. The Balaban J connectivity index is 2.53. The fourth-order valence-electron chi connectivity index (χ4n) is 2.88. The minimum atomic E-state index is -4.52. The largest absolute Gasteiger partial charge is 0.481 e. The predicted molar refractivity (Wildman–Crippen MR) is 76.9 cm³/mol. The first-order valence-electron chi connectivity index (χ1n) is 7.66. The second-order valence-electron chi connectivity index (χ2n) is 7.00. The molecular weight excluding hydrogens is 315 g/mol. The van der Waals surface area contributed by atoms with E-state index in [1.54, 1.807) is 20.8 Å². The van der Waals surface area contributed by atoms with Crippen LogP contribution in [-0.2, 0) is 9.53 Å². The number of ether oxygens (including phenoxy) is 1. The molecule has 1 atom stereocenters. The van der Waals surface area contributed by atoms with Gasteiger partial charge in [0.25, 0.3) is 0 Å². The van der Waals surface area contributed by atoms with Crippen molar-refractivity contribution < 1.29 is 32.6 Å². The molecule has 8 heteroatoms. The standard InChI is InChI=1S/C15H24F3NO4/c1-14(2,3)23-13(22)19-10-6-4-9(5-7-10)11(8-12(20)21)15(16,17)18/h9-11H,4-8H2,1-3H3,(H,19,22)(H,20,21). The molecule has 0 aromatic heterocycles. The van der Waals surface area contributed by atoms with Gasteiger partial charge in [-0.25, -0.2) is 4.79 Å². The first-order valence-corrected chi connectivity index (χ1v) is 7.66. The van der Waals surface area contributed by atoms with E-state index in [0.29, 0.717) is 12.8 Å². The van der Waals surface area contributed by atoms with Crippen molar-refractivity contribution in [3.05, 3.63) is 0 Å². The van der Waals surface area contributed by atoms with E-state index in [0.717, 1.165) is 0 Å². The monoisotopic (exact) mass is 339 g/mol. The number of carbonyl (C=O) groups excluding carboxylic acids is 1. The SMILES string of the molecule is CC(C)(C)OC(=O)NC1CCC(C(CC(=O)O)C(F)(F)F)CC1. The number of alkyl halides is 3. The van der Waals surface area contributed by atoms with Crippen LogP contribution >= 0.6 is 0 Å². The van der Waals surface area contributed by atoms with Gasteiger partial charge in [-0.15, -0.1) is 0 Å². The summed E-state index contributed by atoms with van der Waals surface area (Å²) in [7, 11) is 0. The highest BCUT2D eigenvalue weighted by atomic mass is 19.4. The maximum atomic E-state index is 13.0. The van der Waals surface area contributed by atoms with Gasteiger partial charge in [0.05, 0.1) is 12.3 Å². The van der Waals surface area contributed by atoms with Gasteiger partial charge in [-0.3, -0.25) is 4.79 Å². The molecule has 1 unspecified atom stereocenters. The molecule has 0 saturated heterocycles. The second kappa shape index (κ2) is 7.40. The topological polar surface area (TPSA) is 75.6 Å². The summed E-state index contributed by atoms with van der Waals surface area (Å²) in [5.74, 6) is -3.99. The molecule has 0 spiro atoms. The van der Waals surface area contributed by atoms with Crippen molar-refractivity contribution in [1.82, 2.24) is 5.32 Å². The number of rotatable bonds is 4. The van der Waals surface area contributed by atoms with Crippen molar-refractivity contribution in [2.75, 3.05) is 0 Å². The lowest BCUT2D eigenvalue weighted by atomic mass is 9.76. The maximum absolute atomic E-state index is 13.0.